The minimum Gasteiger partial charge on any atom is -0.394 e. The normalized spacial score (nSPS) is 23.9. The van der Waals surface area contributed by atoms with Gasteiger partial charge in [0.2, 0.25) is 0 Å². The maximum Gasteiger partial charge on any atom is 0.194 e. The van der Waals surface area contributed by atoms with E-state index in [4.69, 9.17) is 27.9 Å². The van der Waals surface area contributed by atoms with Crippen molar-refractivity contribution in [1.82, 2.24) is 29.8 Å². The van der Waals surface area contributed by atoms with Crippen molar-refractivity contribution < 1.29 is 33.2 Å². The highest BCUT2D eigenvalue weighted by molar-refractivity contribution is 6.35. The Morgan fingerprint density at radius 1 is 1.03 bits per heavy atom. The van der Waals surface area contributed by atoms with Crippen LogP contribution in [0, 0.1) is 17.5 Å². The number of aliphatic hydroxyl groups excluding tert-OH is 3. The average Bonchev–Trinajstić information content (AvgIpc) is 3.53. The second kappa shape index (κ2) is 10.0. The number of halogens is 5. The highest BCUT2D eigenvalue weighted by Gasteiger charge is 2.48. The van der Waals surface area contributed by atoms with E-state index in [1.165, 1.54) is 23.3 Å². The Morgan fingerprint density at radius 3 is 2.43 bits per heavy atom. The maximum absolute atomic E-state index is 13.7. The number of nitrogens with zero attached hydrogens (tertiary/aromatic N) is 6. The van der Waals surface area contributed by atoms with E-state index in [1.807, 2.05) is 0 Å². The van der Waals surface area contributed by atoms with Gasteiger partial charge in [-0.2, -0.15) is 5.10 Å². The minimum absolute atomic E-state index is 0.0584. The van der Waals surface area contributed by atoms with E-state index in [2.05, 4.69) is 20.4 Å². The van der Waals surface area contributed by atoms with E-state index in [0.29, 0.717) is 10.7 Å². The highest BCUT2D eigenvalue weighted by Crippen LogP contribution is 2.39. The van der Waals surface area contributed by atoms with Gasteiger partial charge in [-0.1, -0.05) is 28.4 Å². The van der Waals surface area contributed by atoms with Crippen LogP contribution in [0.1, 0.15) is 18.0 Å². The third-order valence-corrected chi connectivity index (χ3v) is 6.49. The molecule has 1 aliphatic heterocycles. The van der Waals surface area contributed by atoms with E-state index in [9.17, 15) is 28.5 Å². The molecule has 2 aromatic heterocycles. The first kappa shape index (κ1) is 25.6. The van der Waals surface area contributed by atoms with Crippen LogP contribution in [0.2, 0.25) is 10.0 Å². The topological polar surface area (TPSA) is 131 Å². The largest absolute Gasteiger partial charge is 0.394 e. The predicted molar refractivity (Wildman–Crippen MR) is 122 cm³/mol. The Balaban J connectivity index is 1.52. The van der Waals surface area contributed by atoms with Crippen LogP contribution in [-0.2, 0) is 4.74 Å². The van der Waals surface area contributed by atoms with Crippen LogP contribution in [0.3, 0.4) is 0 Å². The highest BCUT2D eigenvalue weighted by atomic mass is 35.5. The van der Waals surface area contributed by atoms with Crippen molar-refractivity contribution in [3.05, 3.63) is 76.2 Å². The molecule has 0 unspecified atom stereocenters. The first-order valence-electron chi connectivity index (χ1n) is 10.7. The fourth-order valence-corrected chi connectivity index (χ4v) is 4.66. The number of aromatic nitrogens is 6. The fraction of sp³-hybridized carbons (Fsp3) is 0.273. The summed E-state index contributed by atoms with van der Waals surface area (Å²) in [6, 6.07) is 4.87. The molecule has 4 aromatic rings. The molecule has 1 saturated heterocycles. The lowest BCUT2D eigenvalue weighted by molar-refractivity contribution is -0.210. The Kier molecular flexibility index (Phi) is 6.91. The molecule has 0 amide bonds. The molecule has 3 N–H and O–H groups in total. The summed E-state index contributed by atoms with van der Waals surface area (Å²) in [6.45, 7) is -0.632. The van der Waals surface area contributed by atoms with Crippen molar-refractivity contribution in [2.75, 3.05) is 6.61 Å². The molecule has 0 spiro atoms. The number of hydrogen-bond donors (Lipinski definition) is 3. The Labute approximate surface area is 216 Å². The van der Waals surface area contributed by atoms with Gasteiger partial charge in [0.1, 0.15) is 42.5 Å². The summed E-state index contributed by atoms with van der Waals surface area (Å²) in [6.07, 6.45) is -3.03. The number of aliphatic hydroxyl groups is 3. The molecule has 1 aliphatic rings. The van der Waals surface area contributed by atoms with Gasteiger partial charge in [0.15, 0.2) is 23.3 Å². The van der Waals surface area contributed by atoms with Crippen molar-refractivity contribution in [2.45, 2.75) is 30.5 Å². The molecule has 5 rings (SSSR count). The van der Waals surface area contributed by atoms with Gasteiger partial charge in [0.05, 0.1) is 23.5 Å². The molecule has 10 nitrogen and oxygen atoms in total. The van der Waals surface area contributed by atoms with Crippen LogP contribution >= 0.6 is 23.2 Å². The first-order valence-corrected chi connectivity index (χ1v) is 11.5. The lowest BCUT2D eigenvalue weighted by Gasteiger charge is -2.41. The van der Waals surface area contributed by atoms with E-state index in [1.54, 1.807) is 12.1 Å². The summed E-state index contributed by atoms with van der Waals surface area (Å²) < 4.78 is 49.0. The van der Waals surface area contributed by atoms with E-state index < -0.39 is 54.5 Å². The molecule has 0 radical (unpaired) electrons. The van der Waals surface area contributed by atoms with Crippen LogP contribution in [0.4, 0.5) is 13.2 Å². The smallest absolute Gasteiger partial charge is 0.194 e. The lowest BCUT2D eigenvalue weighted by Crippen LogP contribution is -2.53. The van der Waals surface area contributed by atoms with Crippen LogP contribution in [0.15, 0.2) is 42.9 Å². The first-order chi connectivity index (χ1) is 17.7. The van der Waals surface area contributed by atoms with Gasteiger partial charge in [-0.15, -0.1) is 5.10 Å². The summed E-state index contributed by atoms with van der Waals surface area (Å²) in [5.74, 6) is -4.38. The van der Waals surface area contributed by atoms with E-state index in [0.717, 1.165) is 16.8 Å². The summed E-state index contributed by atoms with van der Waals surface area (Å²) in [7, 11) is 0. The molecule has 3 heterocycles. The van der Waals surface area contributed by atoms with Crippen LogP contribution < -0.4 is 0 Å². The molecular weight excluding hydrogens is 540 g/mol. The van der Waals surface area contributed by atoms with Gasteiger partial charge >= 0.3 is 0 Å². The second-order valence-electron chi connectivity index (χ2n) is 8.21. The molecular formula is C22H17Cl2F3N6O4. The molecule has 194 valence electrons. The molecule has 0 aliphatic carbocycles. The number of benzene rings is 2. The zero-order chi connectivity index (χ0) is 26.4. The molecule has 2 aromatic carbocycles. The fourth-order valence-electron chi connectivity index (χ4n) is 4.17. The van der Waals surface area contributed by atoms with Gasteiger partial charge in [-0.3, -0.25) is 0 Å². The summed E-state index contributed by atoms with van der Waals surface area (Å²) in [5.41, 5.74) is 0.198. The van der Waals surface area contributed by atoms with E-state index in [-0.39, 0.29) is 22.1 Å². The molecule has 1 fully saturated rings. The number of rotatable bonds is 5. The minimum atomic E-state index is -1.63. The van der Waals surface area contributed by atoms with Gasteiger partial charge in [0.25, 0.3) is 0 Å². The zero-order valence-electron chi connectivity index (χ0n) is 18.5. The van der Waals surface area contributed by atoms with Crippen molar-refractivity contribution in [1.29, 1.82) is 0 Å². The van der Waals surface area contributed by atoms with Gasteiger partial charge in [-0.25, -0.2) is 27.5 Å². The van der Waals surface area contributed by atoms with Crippen molar-refractivity contribution in [3.63, 3.8) is 0 Å². The second-order valence-corrected chi connectivity index (χ2v) is 9.06. The van der Waals surface area contributed by atoms with Crippen LogP contribution in [0.25, 0.3) is 16.9 Å². The lowest BCUT2D eigenvalue weighted by atomic mass is 9.92. The van der Waals surface area contributed by atoms with Crippen molar-refractivity contribution in [3.8, 4) is 16.9 Å². The van der Waals surface area contributed by atoms with Crippen molar-refractivity contribution in [2.24, 2.45) is 0 Å². The summed E-state index contributed by atoms with van der Waals surface area (Å²) in [4.78, 5) is 4.18. The SMILES string of the molecule is OC[C@H]1O[C@@H](c2ncnn2-c2ccc(Cl)cc2Cl)[C@H](O)[C@@H](n2cc(-c3cc(F)c(F)c(F)c3)nn2)[C@H]1O. The molecule has 0 bridgehead atoms. The molecule has 0 saturated carbocycles. The monoisotopic (exact) mass is 556 g/mol. The van der Waals surface area contributed by atoms with Crippen LogP contribution in [0.5, 0.6) is 0 Å². The molecule has 37 heavy (non-hydrogen) atoms. The Bertz CT molecular complexity index is 1430. The van der Waals surface area contributed by atoms with E-state index >= 15 is 0 Å². The summed E-state index contributed by atoms with van der Waals surface area (Å²) >= 11 is 12.3. The maximum atomic E-state index is 13.7. The summed E-state index contributed by atoms with van der Waals surface area (Å²) in [5, 5.41) is 44.5. The van der Waals surface area contributed by atoms with Gasteiger partial charge in [0, 0.05) is 10.6 Å². The van der Waals surface area contributed by atoms with Gasteiger partial charge < -0.3 is 20.1 Å². The quantitative estimate of drug-likeness (QED) is 0.320. The van der Waals surface area contributed by atoms with Crippen LogP contribution in [-0.4, -0.2) is 70.0 Å². The average molecular weight is 557 g/mol. The number of hydrogen-bond acceptors (Lipinski definition) is 8. The third kappa shape index (κ3) is 4.58. The predicted octanol–water partition coefficient (Wildman–Crippen LogP) is 2.65. The molecule has 5 atom stereocenters. The third-order valence-electron chi connectivity index (χ3n) is 5.95. The standard InChI is InChI=1S/C22H17Cl2F3N6O4/c23-10-1-2-15(11(24)5-10)33-22(28-8-29-33)21-20(36)18(19(35)16(7-34)37-21)32-6-14(30-31-32)9-3-12(25)17(27)13(26)4-9/h1-6,8,16,18-21,34-36H,7H2/t16-,18+,19+,20-,21-/m1/s1. The number of ether oxygens (including phenoxy) is 1. The van der Waals surface area contributed by atoms with Crippen molar-refractivity contribution >= 4 is 23.2 Å². The zero-order valence-corrected chi connectivity index (χ0v) is 20.0. The Morgan fingerprint density at radius 2 is 1.76 bits per heavy atom. The Hall–Kier alpha value is -3.07. The molecule has 15 heteroatoms. The van der Waals surface area contributed by atoms with Gasteiger partial charge in [-0.05, 0) is 30.3 Å².